The lowest BCUT2D eigenvalue weighted by Crippen LogP contribution is -2.46. The van der Waals surface area contributed by atoms with Crippen LogP contribution >= 0.6 is 0 Å². The molecule has 0 saturated carbocycles. The average Bonchev–Trinajstić information content (AvgIpc) is 2.68. The first-order valence-electron chi connectivity index (χ1n) is 8.75. The lowest BCUT2D eigenvalue weighted by Gasteiger charge is -2.34. The minimum Gasteiger partial charge on any atom is -0.369 e. The Bertz CT molecular complexity index is 1030. The van der Waals surface area contributed by atoms with Gasteiger partial charge in [0, 0.05) is 26.2 Å². The van der Waals surface area contributed by atoms with Gasteiger partial charge in [0.25, 0.3) is 5.56 Å². The van der Waals surface area contributed by atoms with Gasteiger partial charge in [-0.1, -0.05) is 18.2 Å². The van der Waals surface area contributed by atoms with Crippen LogP contribution in [-0.4, -0.2) is 28.1 Å². The maximum atomic E-state index is 12.8. The van der Waals surface area contributed by atoms with Crippen molar-refractivity contribution in [3.05, 3.63) is 62.3 Å². The lowest BCUT2D eigenvalue weighted by molar-refractivity contribution is -0.122. The molecule has 2 N–H and O–H groups in total. The summed E-state index contributed by atoms with van der Waals surface area (Å²) >= 11 is 0. The van der Waals surface area contributed by atoms with E-state index >= 15 is 0 Å². The van der Waals surface area contributed by atoms with Crippen molar-refractivity contribution < 1.29 is 4.79 Å². The number of benzene rings is 1. The van der Waals surface area contributed by atoms with Crippen LogP contribution in [-0.2, 0) is 18.4 Å². The highest BCUT2D eigenvalue weighted by molar-refractivity contribution is 5.77. The summed E-state index contributed by atoms with van der Waals surface area (Å²) in [6, 6.07) is 10.5. The van der Waals surface area contributed by atoms with Gasteiger partial charge in [0.05, 0.1) is 24.1 Å². The quantitative estimate of drug-likeness (QED) is 0.827. The Hall–Kier alpha value is -3.34. The summed E-state index contributed by atoms with van der Waals surface area (Å²) in [6.45, 7) is 1.14. The summed E-state index contributed by atoms with van der Waals surface area (Å²) in [5.41, 5.74) is 5.73. The molecule has 1 aliphatic rings. The molecule has 140 valence electrons. The largest absolute Gasteiger partial charge is 0.369 e. The van der Waals surface area contributed by atoms with Crippen LogP contribution in [0.4, 0.5) is 5.82 Å². The number of rotatable bonds is 4. The summed E-state index contributed by atoms with van der Waals surface area (Å²) < 4.78 is 2.51. The van der Waals surface area contributed by atoms with Crippen molar-refractivity contribution in [2.75, 3.05) is 18.0 Å². The Morgan fingerprint density at radius 1 is 1.33 bits per heavy atom. The predicted molar refractivity (Wildman–Crippen MR) is 100 cm³/mol. The second-order valence-electron chi connectivity index (χ2n) is 6.72. The third-order valence-corrected chi connectivity index (χ3v) is 4.99. The van der Waals surface area contributed by atoms with Gasteiger partial charge >= 0.3 is 5.69 Å². The van der Waals surface area contributed by atoms with Crippen LogP contribution in [0.2, 0.25) is 0 Å². The molecule has 0 spiro atoms. The molecule has 8 heteroatoms. The molecule has 27 heavy (non-hydrogen) atoms. The number of carbonyl (C=O) groups is 1. The van der Waals surface area contributed by atoms with Crippen LogP contribution in [0.5, 0.6) is 0 Å². The zero-order chi connectivity index (χ0) is 19.6. The van der Waals surface area contributed by atoms with Gasteiger partial charge in [-0.05, 0) is 24.5 Å². The average molecular weight is 367 g/mol. The third kappa shape index (κ3) is 3.62. The zero-order valence-electron chi connectivity index (χ0n) is 15.1. The fourth-order valence-electron chi connectivity index (χ4n) is 3.42. The zero-order valence-corrected chi connectivity index (χ0v) is 15.1. The van der Waals surface area contributed by atoms with Gasteiger partial charge in [0.1, 0.15) is 5.82 Å². The van der Waals surface area contributed by atoms with Gasteiger partial charge in [-0.15, -0.1) is 0 Å². The number of nitrogens with zero attached hydrogens (tertiary/aromatic N) is 4. The molecule has 1 saturated heterocycles. The second-order valence-corrected chi connectivity index (χ2v) is 6.72. The van der Waals surface area contributed by atoms with Crippen LogP contribution in [0, 0.1) is 17.2 Å². The monoisotopic (exact) mass is 367 g/mol. The molecule has 1 aliphatic heterocycles. The Labute approximate surface area is 156 Å². The number of hydrogen-bond donors (Lipinski definition) is 1. The number of primary amides is 1. The van der Waals surface area contributed by atoms with Gasteiger partial charge in [-0.2, -0.15) is 5.26 Å². The molecular formula is C19H21N5O3. The van der Waals surface area contributed by atoms with Crippen molar-refractivity contribution in [2.45, 2.75) is 19.4 Å². The number of piperidine rings is 1. The standard InChI is InChI=1S/C19H21N5O3/c1-22-17(25)9-16(23-8-4-7-15(11-23)18(21)26)24(19(22)27)12-14-6-3-2-5-13(14)10-20/h2-3,5-6,9,15H,4,7-8,11-12H2,1H3,(H2,21,26)/t15-/m1/s1. The van der Waals surface area contributed by atoms with Gasteiger partial charge in [-0.3, -0.25) is 18.7 Å². The molecule has 2 heterocycles. The molecule has 0 aliphatic carbocycles. The molecule has 1 amide bonds. The maximum absolute atomic E-state index is 12.8. The van der Waals surface area contributed by atoms with Crippen LogP contribution in [0.1, 0.15) is 24.0 Å². The molecule has 1 fully saturated rings. The normalized spacial score (nSPS) is 16.7. The first-order valence-corrected chi connectivity index (χ1v) is 8.75. The van der Waals surface area contributed by atoms with Crippen LogP contribution in [0.3, 0.4) is 0 Å². The second kappa shape index (κ2) is 7.50. The molecular weight excluding hydrogens is 346 g/mol. The molecule has 1 aromatic carbocycles. The van der Waals surface area contributed by atoms with Crippen molar-refractivity contribution in [3.8, 4) is 6.07 Å². The van der Waals surface area contributed by atoms with Crippen molar-refractivity contribution in [1.29, 1.82) is 5.26 Å². The number of carbonyl (C=O) groups excluding carboxylic acids is 1. The third-order valence-electron chi connectivity index (χ3n) is 4.99. The molecule has 2 aromatic rings. The number of nitriles is 1. The summed E-state index contributed by atoms with van der Waals surface area (Å²) in [7, 11) is 1.42. The molecule has 1 aromatic heterocycles. The predicted octanol–water partition coefficient (Wildman–Crippen LogP) is 0.169. The van der Waals surface area contributed by atoms with Gasteiger partial charge in [0.2, 0.25) is 5.91 Å². The summed E-state index contributed by atoms with van der Waals surface area (Å²) in [5.74, 6) is -0.258. The Morgan fingerprint density at radius 3 is 2.78 bits per heavy atom. The van der Waals surface area contributed by atoms with E-state index in [0.717, 1.165) is 11.0 Å². The minimum atomic E-state index is -0.466. The smallest absolute Gasteiger partial charge is 0.332 e. The van der Waals surface area contributed by atoms with Crippen LogP contribution in [0.15, 0.2) is 39.9 Å². The highest BCUT2D eigenvalue weighted by Gasteiger charge is 2.26. The van der Waals surface area contributed by atoms with Crippen molar-refractivity contribution in [2.24, 2.45) is 18.7 Å². The fraction of sp³-hybridized carbons (Fsp3) is 0.368. The molecule has 0 bridgehead atoms. The van der Waals surface area contributed by atoms with E-state index in [2.05, 4.69) is 6.07 Å². The number of aromatic nitrogens is 2. The summed E-state index contributed by atoms with van der Waals surface area (Å²) in [4.78, 5) is 38.5. The minimum absolute atomic E-state index is 0.157. The Kier molecular flexibility index (Phi) is 5.12. The Morgan fingerprint density at radius 2 is 2.07 bits per heavy atom. The number of nitrogens with two attached hydrogens (primary N) is 1. The van der Waals surface area contributed by atoms with Crippen molar-refractivity contribution >= 4 is 11.7 Å². The van der Waals surface area contributed by atoms with Gasteiger partial charge in [0.15, 0.2) is 0 Å². The van der Waals surface area contributed by atoms with Gasteiger partial charge < -0.3 is 10.6 Å². The van der Waals surface area contributed by atoms with Crippen LogP contribution in [0.25, 0.3) is 0 Å². The molecule has 8 nitrogen and oxygen atoms in total. The number of amides is 1. The number of hydrogen-bond acceptors (Lipinski definition) is 5. The molecule has 0 unspecified atom stereocenters. The highest BCUT2D eigenvalue weighted by Crippen LogP contribution is 2.22. The Balaban J connectivity index is 2.09. The van der Waals surface area contributed by atoms with E-state index in [1.165, 1.54) is 17.7 Å². The molecule has 0 radical (unpaired) electrons. The fourth-order valence-corrected chi connectivity index (χ4v) is 3.42. The first-order chi connectivity index (χ1) is 12.9. The first kappa shape index (κ1) is 18.5. The van der Waals surface area contributed by atoms with E-state index in [0.29, 0.717) is 36.5 Å². The molecule has 3 rings (SSSR count). The van der Waals surface area contributed by atoms with E-state index in [-0.39, 0.29) is 18.4 Å². The number of anilines is 1. The van der Waals surface area contributed by atoms with Crippen LogP contribution < -0.4 is 21.9 Å². The maximum Gasteiger partial charge on any atom is 0.332 e. The van der Waals surface area contributed by atoms with Gasteiger partial charge in [-0.25, -0.2) is 4.79 Å². The SMILES string of the molecule is Cn1c(=O)cc(N2CCC[C@@H](C(N)=O)C2)n(Cc2ccccc2C#N)c1=O. The molecule has 1 atom stereocenters. The van der Waals surface area contributed by atoms with E-state index in [1.54, 1.807) is 24.3 Å². The van der Waals surface area contributed by atoms with E-state index in [1.807, 2.05) is 4.90 Å². The summed E-state index contributed by atoms with van der Waals surface area (Å²) in [6.07, 6.45) is 1.43. The summed E-state index contributed by atoms with van der Waals surface area (Å²) in [5, 5.41) is 9.32. The topological polar surface area (TPSA) is 114 Å². The van der Waals surface area contributed by atoms with E-state index in [9.17, 15) is 19.6 Å². The van der Waals surface area contributed by atoms with E-state index in [4.69, 9.17) is 5.73 Å². The lowest BCUT2D eigenvalue weighted by atomic mass is 9.97. The van der Waals surface area contributed by atoms with Crippen molar-refractivity contribution in [3.63, 3.8) is 0 Å². The highest BCUT2D eigenvalue weighted by atomic mass is 16.2. The van der Waals surface area contributed by atoms with E-state index < -0.39 is 11.2 Å². The van der Waals surface area contributed by atoms with Crippen molar-refractivity contribution in [1.82, 2.24) is 9.13 Å².